The van der Waals surface area contributed by atoms with Gasteiger partial charge in [-0.25, -0.2) is 4.68 Å². The van der Waals surface area contributed by atoms with E-state index in [-0.39, 0.29) is 0 Å². The molecule has 0 radical (unpaired) electrons. The summed E-state index contributed by atoms with van der Waals surface area (Å²) in [7, 11) is 0. The van der Waals surface area contributed by atoms with Crippen LogP contribution in [0.3, 0.4) is 0 Å². The summed E-state index contributed by atoms with van der Waals surface area (Å²) < 4.78 is 7.57. The maximum Gasteiger partial charge on any atom is 0.144 e. The van der Waals surface area contributed by atoms with E-state index in [2.05, 4.69) is 5.10 Å². The molecule has 3 aromatic rings. The molecule has 0 spiro atoms. The van der Waals surface area contributed by atoms with Crippen molar-refractivity contribution in [1.29, 1.82) is 0 Å². The Morgan fingerprint density at radius 2 is 1.90 bits per heavy atom. The van der Waals surface area contributed by atoms with Gasteiger partial charge in [0.2, 0.25) is 0 Å². The van der Waals surface area contributed by atoms with Crippen LogP contribution in [0.2, 0.25) is 0 Å². The second kappa shape index (κ2) is 5.48. The summed E-state index contributed by atoms with van der Waals surface area (Å²) in [6.45, 7) is 0.494. The summed E-state index contributed by atoms with van der Waals surface area (Å²) >= 11 is 0. The van der Waals surface area contributed by atoms with Gasteiger partial charge in [-0.2, -0.15) is 5.10 Å². The number of hydrogen-bond acceptors (Lipinski definition) is 3. The van der Waals surface area contributed by atoms with Gasteiger partial charge in [0.05, 0.1) is 11.4 Å². The van der Waals surface area contributed by atoms with Gasteiger partial charge in [0.15, 0.2) is 0 Å². The van der Waals surface area contributed by atoms with Gasteiger partial charge in [-0.15, -0.1) is 0 Å². The molecule has 0 amide bonds. The van der Waals surface area contributed by atoms with Gasteiger partial charge in [0, 0.05) is 18.5 Å². The highest BCUT2D eigenvalue weighted by Gasteiger charge is 2.04. The van der Waals surface area contributed by atoms with E-state index in [1.807, 2.05) is 60.8 Å². The fraction of sp³-hybridized carbons (Fsp3) is 0.0625. The van der Waals surface area contributed by atoms with Crippen molar-refractivity contribution in [3.05, 3.63) is 72.6 Å². The highest BCUT2D eigenvalue weighted by Crippen LogP contribution is 2.25. The number of nitrogens with two attached hydrogens (primary N) is 1. The van der Waals surface area contributed by atoms with Crippen LogP contribution in [0, 0.1) is 0 Å². The van der Waals surface area contributed by atoms with Crippen LogP contribution in [0.15, 0.2) is 67.0 Å². The van der Waals surface area contributed by atoms with Gasteiger partial charge >= 0.3 is 0 Å². The van der Waals surface area contributed by atoms with E-state index in [1.165, 1.54) is 0 Å². The lowest BCUT2D eigenvalue weighted by Crippen LogP contribution is -2.01. The number of anilines is 1. The van der Waals surface area contributed by atoms with Crippen molar-refractivity contribution in [1.82, 2.24) is 9.78 Å². The standard InChI is InChI=1S/C16H15N3O/c17-15-8-7-14(19-10-4-9-18-19)11-16(15)20-12-13-5-2-1-3-6-13/h1-11H,12,17H2. The van der Waals surface area contributed by atoms with Gasteiger partial charge in [0.1, 0.15) is 12.4 Å². The number of nitrogen functional groups attached to an aromatic ring is 1. The Kier molecular flexibility index (Phi) is 3.37. The van der Waals surface area contributed by atoms with E-state index >= 15 is 0 Å². The third-order valence-corrected chi connectivity index (χ3v) is 3.00. The summed E-state index contributed by atoms with van der Waals surface area (Å²) in [6, 6.07) is 17.5. The number of nitrogens with zero attached hydrogens (tertiary/aromatic N) is 2. The fourth-order valence-corrected chi connectivity index (χ4v) is 1.95. The monoisotopic (exact) mass is 265 g/mol. The molecule has 20 heavy (non-hydrogen) atoms. The van der Waals surface area contributed by atoms with Crippen LogP contribution in [0.1, 0.15) is 5.56 Å². The molecule has 2 N–H and O–H groups in total. The van der Waals surface area contributed by atoms with Crippen LogP contribution in [0.4, 0.5) is 5.69 Å². The topological polar surface area (TPSA) is 53.1 Å². The molecule has 0 bridgehead atoms. The molecule has 100 valence electrons. The maximum absolute atomic E-state index is 5.95. The highest BCUT2D eigenvalue weighted by atomic mass is 16.5. The van der Waals surface area contributed by atoms with Crippen molar-refractivity contribution >= 4 is 5.69 Å². The molecule has 0 unspecified atom stereocenters. The number of rotatable bonds is 4. The third kappa shape index (κ3) is 2.64. The molecule has 4 heteroatoms. The molecule has 1 heterocycles. The first-order valence-electron chi connectivity index (χ1n) is 6.39. The number of hydrogen-bond donors (Lipinski definition) is 1. The zero-order valence-corrected chi connectivity index (χ0v) is 10.9. The Bertz CT molecular complexity index is 678. The molecule has 2 aromatic carbocycles. The maximum atomic E-state index is 5.95. The Labute approximate surface area is 117 Å². The van der Waals surface area contributed by atoms with E-state index in [4.69, 9.17) is 10.5 Å². The quantitative estimate of drug-likeness (QED) is 0.738. The van der Waals surface area contributed by atoms with Gasteiger partial charge < -0.3 is 10.5 Å². The molecule has 0 fully saturated rings. The summed E-state index contributed by atoms with van der Waals surface area (Å²) in [6.07, 6.45) is 3.62. The molecule has 0 saturated heterocycles. The normalized spacial score (nSPS) is 10.4. The molecule has 0 aliphatic heterocycles. The second-order valence-electron chi connectivity index (χ2n) is 4.45. The molecule has 3 rings (SSSR count). The van der Waals surface area contributed by atoms with E-state index < -0.39 is 0 Å². The summed E-state index contributed by atoms with van der Waals surface area (Å²) in [5, 5.41) is 4.20. The zero-order valence-electron chi connectivity index (χ0n) is 10.9. The van der Waals surface area contributed by atoms with Crippen molar-refractivity contribution in [3.8, 4) is 11.4 Å². The van der Waals surface area contributed by atoms with Crippen LogP contribution in [0.5, 0.6) is 5.75 Å². The van der Waals surface area contributed by atoms with Crippen molar-refractivity contribution in [3.63, 3.8) is 0 Å². The van der Waals surface area contributed by atoms with Crippen molar-refractivity contribution in [2.45, 2.75) is 6.61 Å². The summed E-state index contributed by atoms with van der Waals surface area (Å²) in [5.41, 5.74) is 8.61. The third-order valence-electron chi connectivity index (χ3n) is 3.00. The first kappa shape index (κ1) is 12.3. The smallest absolute Gasteiger partial charge is 0.144 e. The lowest BCUT2D eigenvalue weighted by molar-refractivity contribution is 0.308. The van der Waals surface area contributed by atoms with Crippen LogP contribution >= 0.6 is 0 Å². The predicted octanol–water partition coefficient (Wildman–Crippen LogP) is 3.03. The molecule has 0 atom stereocenters. The average molecular weight is 265 g/mol. The van der Waals surface area contributed by atoms with Crippen LogP contribution in [-0.2, 0) is 6.61 Å². The van der Waals surface area contributed by atoms with Crippen molar-refractivity contribution in [2.24, 2.45) is 0 Å². The minimum atomic E-state index is 0.494. The molecular weight excluding hydrogens is 250 g/mol. The van der Waals surface area contributed by atoms with Gasteiger partial charge in [-0.05, 0) is 23.8 Å². The predicted molar refractivity (Wildman–Crippen MR) is 78.8 cm³/mol. The van der Waals surface area contributed by atoms with Crippen LogP contribution in [0.25, 0.3) is 5.69 Å². The molecular formula is C16H15N3O. The average Bonchev–Trinajstić information content (AvgIpc) is 3.02. The van der Waals surface area contributed by atoms with E-state index in [9.17, 15) is 0 Å². The highest BCUT2D eigenvalue weighted by molar-refractivity contribution is 5.57. The van der Waals surface area contributed by atoms with Crippen LogP contribution < -0.4 is 10.5 Å². The second-order valence-corrected chi connectivity index (χ2v) is 4.45. The van der Waals surface area contributed by atoms with Crippen LogP contribution in [-0.4, -0.2) is 9.78 Å². The minimum Gasteiger partial charge on any atom is -0.487 e. The Morgan fingerprint density at radius 3 is 2.65 bits per heavy atom. The molecule has 0 saturated carbocycles. The van der Waals surface area contributed by atoms with Gasteiger partial charge in [0.25, 0.3) is 0 Å². The number of ether oxygens (including phenoxy) is 1. The summed E-state index contributed by atoms with van der Waals surface area (Å²) in [4.78, 5) is 0. The molecule has 1 aromatic heterocycles. The lowest BCUT2D eigenvalue weighted by Gasteiger charge is -2.11. The first-order valence-corrected chi connectivity index (χ1v) is 6.39. The van der Waals surface area contributed by atoms with E-state index in [0.29, 0.717) is 18.0 Å². The Balaban J connectivity index is 1.80. The molecule has 4 nitrogen and oxygen atoms in total. The van der Waals surface area contributed by atoms with Crippen molar-refractivity contribution in [2.75, 3.05) is 5.73 Å². The summed E-state index contributed by atoms with van der Waals surface area (Å²) in [5.74, 6) is 0.668. The van der Waals surface area contributed by atoms with Crippen molar-refractivity contribution < 1.29 is 4.74 Å². The fourth-order valence-electron chi connectivity index (χ4n) is 1.95. The Morgan fingerprint density at radius 1 is 1.05 bits per heavy atom. The Hall–Kier alpha value is -2.75. The van der Waals surface area contributed by atoms with Gasteiger partial charge in [-0.3, -0.25) is 0 Å². The van der Waals surface area contributed by atoms with Gasteiger partial charge in [-0.1, -0.05) is 30.3 Å². The first-order chi connectivity index (χ1) is 9.83. The lowest BCUT2D eigenvalue weighted by atomic mass is 10.2. The SMILES string of the molecule is Nc1ccc(-n2cccn2)cc1OCc1ccccc1. The zero-order chi connectivity index (χ0) is 13.8. The number of benzene rings is 2. The molecule has 0 aliphatic carbocycles. The largest absolute Gasteiger partial charge is 0.487 e. The van der Waals surface area contributed by atoms with E-state index in [0.717, 1.165) is 11.3 Å². The van der Waals surface area contributed by atoms with E-state index in [1.54, 1.807) is 10.9 Å². The molecule has 0 aliphatic rings. The number of aromatic nitrogens is 2. The minimum absolute atomic E-state index is 0.494.